The third kappa shape index (κ3) is 7.67. The Hall–Kier alpha value is -0.850. The number of nitrogens with zero attached hydrogens (tertiary/aromatic N) is 2. The van der Waals surface area contributed by atoms with Crippen LogP contribution in [-0.2, 0) is 4.74 Å². The highest BCUT2D eigenvalue weighted by atomic mass is 16.6. The monoisotopic (exact) mass is 289 g/mol. The lowest BCUT2D eigenvalue weighted by molar-refractivity contribution is 0.0229. The van der Waals surface area contributed by atoms with Gasteiger partial charge in [0, 0.05) is 56.5 Å². The van der Waals surface area contributed by atoms with Crippen LogP contribution in [0, 0.1) is 0 Å². The Morgan fingerprint density at radius 3 is 1.95 bits per heavy atom. The van der Waals surface area contributed by atoms with Crippen LogP contribution in [0.1, 0.15) is 24.9 Å². The van der Waals surface area contributed by atoms with Crippen LogP contribution in [-0.4, -0.2) is 80.8 Å². The Morgan fingerprint density at radius 1 is 1.05 bits per heavy atom. The van der Waals surface area contributed by atoms with Crippen molar-refractivity contribution in [2.75, 3.05) is 59.3 Å². The fourth-order valence-corrected chi connectivity index (χ4v) is 1.84. The normalized spacial score (nSPS) is 23.8. The van der Waals surface area contributed by atoms with E-state index in [1.807, 2.05) is 20.8 Å². The van der Waals surface area contributed by atoms with Gasteiger partial charge in [0.15, 0.2) is 0 Å². The predicted molar refractivity (Wildman–Crippen MR) is 81.0 cm³/mol. The average Bonchev–Trinajstić information content (AvgIpc) is 2.47. The first-order valence-electron chi connectivity index (χ1n) is 8.74. The summed E-state index contributed by atoms with van der Waals surface area (Å²) in [6.07, 6.45) is -0.200. The zero-order valence-electron chi connectivity index (χ0n) is 15.9. The van der Waals surface area contributed by atoms with Gasteiger partial charge in [0.2, 0.25) is 0 Å². The van der Waals surface area contributed by atoms with Crippen LogP contribution in [0.3, 0.4) is 0 Å². The summed E-state index contributed by atoms with van der Waals surface area (Å²) in [5.74, 6) is 0. The molecule has 0 aliphatic carbocycles. The van der Waals surface area contributed by atoms with Gasteiger partial charge in [-0.05, 0) is 27.7 Å². The summed E-state index contributed by atoms with van der Waals surface area (Å²) in [6.45, 7) is 9.82. The number of hydrogen-bond acceptors (Lipinski definition) is 5. The Kier molecular flexibility index (Phi) is 5.43. The lowest BCUT2D eigenvalue weighted by Crippen LogP contribution is -2.48. The smallest absolute Gasteiger partial charge is 0.410 e. The number of hydrogen-bond donors (Lipinski definition) is 2. The minimum absolute atomic E-state index is 0.200. The van der Waals surface area contributed by atoms with E-state index in [9.17, 15) is 4.79 Å². The molecule has 0 saturated carbocycles. The van der Waals surface area contributed by atoms with E-state index in [0.717, 1.165) is 39.3 Å². The molecular weight excluding hydrogens is 256 g/mol. The molecule has 0 aromatic carbocycles. The maximum Gasteiger partial charge on any atom is 0.410 e. The van der Waals surface area contributed by atoms with Gasteiger partial charge in [0.1, 0.15) is 5.60 Å². The zero-order valence-corrected chi connectivity index (χ0v) is 12.9. The molecule has 118 valence electrons. The van der Waals surface area contributed by atoms with E-state index in [0.29, 0.717) is 13.1 Å². The van der Waals surface area contributed by atoms with E-state index in [1.165, 1.54) is 4.90 Å². The Morgan fingerprint density at radius 2 is 1.55 bits per heavy atom. The fourth-order valence-electron chi connectivity index (χ4n) is 1.84. The average molecular weight is 289 g/mol. The molecule has 1 amide bonds. The van der Waals surface area contributed by atoms with Gasteiger partial charge in [-0.3, -0.25) is 0 Å². The molecule has 0 radical (unpaired) electrons. The van der Waals surface area contributed by atoms with Crippen LogP contribution in [0.2, 0.25) is 0 Å². The van der Waals surface area contributed by atoms with Crippen LogP contribution in [0.25, 0.3) is 0 Å². The zero-order chi connectivity index (χ0) is 17.5. The maximum atomic E-state index is 11.5. The first-order chi connectivity index (χ1) is 10.6. The van der Waals surface area contributed by atoms with Crippen molar-refractivity contribution in [2.24, 2.45) is 0 Å². The highest BCUT2D eigenvalue weighted by Crippen LogP contribution is 2.09. The van der Waals surface area contributed by atoms with Crippen molar-refractivity contribution < 1.29 is 13.6 Å². The van der Waals surface area contributed by atoms with Crippen molar-refractivity contribution in [3.8, 4) is 0 Å². The van der Waals surface area contributed by atoms with Crippen LogP contribution in [0.15, 0.2) is 0 Å². The van der Waals surface area contributed by atoms with Gasteiger partial charge in [0.25, 0.3) is 0 Å². The highest BCUT2D eigenvalue weighted by Gasteiger charge is 2.22. The second-order valence-electron chi connectivity index (χ2n) is 5.95. The number of ether oxygens (including phenoxy) is 1. The molecular formula is C14H30N4O2. The van der Waals surface area contributed by atoms with Crippen molar-refractivity contribution in [1.29, 1.82) is 0 Å². The van der Waals surface area contributed by atoms with Gasteiger partial charge >= 0.3 is 6.09 Å². The molecule has 2 aliphatic heterocycles. The molecule has 2 rings (SSSR count). The molecule has 0 unspecified atom stereocenters. The lowest BCUT2D eigenvalue weighted by Gasteiger charge is -2.30. The molecule has 2 aliphatic rings. The Bertz CT molecular complexity index is 360. The first-order valence-corrected chi connectivity index (χ1v) is 7.24. The predicted octanol–water partition coefficient (Wildman–Crippen LogP) is 0.348. The maximum absolute atomic E-state index is 11.5. The molecule has 0 aromatic heterocycles. The minimum Gasteiger partial charge on any atom is -0.444 e. The number of amides is 1. The van der Waals surface area contributed by atoms with Crippen molar-refractivity contribution in [3.05, 3.63) is 0 Å². The van der Waals surface area contributed by atoms with Crippen molar-refractivity contribution >= 4 is 6.09 Å². The van der Waals surface area contributed by atoms with Gasteiger partial charge in [0.05, 0.1) is 0 Å². The third-order valence-corrected chi connectivity index (χ3v) is 2.89. The van der Waals surface area contributed by atoms with Crippen LogP contribution in [0.4, 0.5) is 4.79 Å². The van der Waals surface area contributed by atoms with Crippen LogP contribution >= 0.6 is 0 Å². The molecule has 0 spiro atoms. The molecule has 2 fully saturated rings. The summed E-state index contributed by atoms with van der Waals surface area (Å²) in [4.78, 5) is 14.7. The Labute approximate surface area is 127 Å². The fraction of sp³-hybridized carbons (Fsp3) is 0.929. The molecule has 2 heterocycles. The summed E-state index contributed by atoms with van der Waals surface area (Å²) in [5.41, 5.74) is -0.387. The molecule has 20 heavy (non-hydrogen) atoms. The number of nitrogens with one attached hydrogen (secondary N) is 2. The van der Waals surface area contributed by atoms with E-state index in [4.69, 9.17) is 8.85 Å². The molecule has 6 heteroatoms. The molecule has 0 atom stereocenters. The quantitative estimate of drug-likeness (QED) is 0.674. The largest absolute Gasteiger partial charge is 0.444 e. The number of carbonyl (C=O) groups is 1. The first kappa shape index (κ1) is 12.9. The second-order valence-corrected chi connectivity index (χ2v) is 5.95. The summed E-state index contributed by atoms with van der Waals surface area (Å²) >= 11 is 0. The third-order valence-electron chi connectivity index (χ3n) is 2.89. The SMILES string of the molecule is CC(C)(C)OC(=O)N1CCNCC1.[2H]C([2H])([2H])N1CCNCC1. The molecule has 2 N–H and O–H groups in total. The van der Waals surface area contributed by atoms with E-state index in [1.54, 1.807) is 4.90 Å². The topological polar surface area (TPSA) is 56.8 Å². The van der Waals surface area contributed by atoms with Crippen molar-refractivity contribution in [1.82, 2.24) is 20.4 Å². The number of likely N-dealkylation sites (N-methyl/N-ethyl adjacent to an activating group) is 1. The lowest BCUT2D eigenvalue weighted by atomic mass is 10.2. The van der Waals surface area contributed by atoms with Gasteiger partial charge in [-0.25, -0.2) is 4.79 Å². The van der Waals surface area contributed by atoms with Gasteiger partial charge < -0.3 is 25.2 Å². The summed E-state index contributed by atoms with van der Waals surface area (Å²) < 4.78 is 26.4. The van der Waals surface area contributed by atoms with E-state index in [-0.39, 0.29) is 11.7 Å². The number of piperazine rings is 2. The number of rotatable bonds is 0. The standard InChI is InChI=1S/C9H18N2O2.C5H12N2/c1-9(2,3)13-8(12)11-6-4-10-5-7-11;1-7-4-2-6-3-5-7/h10H,4-7H2,1-3H3;6H,2-5H2,1H3/i;1D3. The summed E-state index contributed by atoms with van der Waals surface area (Å²) in [6, 6.07) is 0. The summed E-state index contributed by atoms with van der Waals surface area (Å²) in [7, 11) is 0. The van der Waals surface area contributed by atoms with Crippen LogP contribution < -0.4 is 10.6 Å². The molecule has 0 aromatic rings. The van der Waals surface area contributed by atoms with Crippen LogP contribution in [0.5, 0.6) is 0 Å². The van der Waals surface area contributed by atoms with Crippen molar-refractivity contribution in [3.63, 3.8) is 0 Å². The van der Waals surface area contributed by atoms with Gasteiger partial charge in [-0.15, -0.1) is 0 Å². The van der Waals surface area contributed by atoms with E-state index < -0.39 is 6.98 Å². The minimum atomic E-state index is -1.89. The number of carbonyl (C=O) groups excluding carboxylic acids is 1. The molecule has 6 nitrogen and oxygen atoms in total. The highest BCUT2D eigenvalue weighted by molar-refractivity contribution is 5.68. The van der Waals surface area contributed by atoms with Gasteiger partial charge in [-0.2, -0.15) is 0 Å². The van der Waals surface area contributed by atoms with E-state index >= 15 is 0 Å². The Balaban J connectivity index is 0.000000238. The molecule has 0 bridgehead atoms. The molecule has 2 saturated heterocycles. The summed E-state index contributed by atoms with van der Waals surface area (Å²) in [5, 5.41) is 6.28. The second kappa shape index (κ2) is 8.44. The van der Waals surface area contributed by atoms with Gasteiger partial charge in [-0.1, -0.05) is 0 Å². The van der Waals surface area contributed by atoms with Crippen molar-refractivity contribution in [2.45, 2.75) is 26.4 Å². The van der Waals surface area contributed by atoms with E-state index in [2.05, 4.69) is 10.6 Å².